The van der Waals surface area contributed by atoms with E-state index in [1.807, 2.05) is 18.2 Å². The van der Waals surface area contributed by atoms with Crippen LogP contribution in [0.2, 0.25) is 0 Å². The standard InChI is InChI=1S/C12H16O2/c1-9-4-5-11(14-3)8-12(9)10(2)6-7-13/h4-5,7-8,10H,6H2,1-3H3. The topological polar surface area (TPSA) is 26.3 Å². The van der Waals surface area contributed by atoms with E-state index in [-0.39, 0.29) is 5.92 Å². The molecule has 0 spiro atoms. The molecule has 1 aromatic carbocycles. The summed E-state index contributed by atoms with van der Waals surface area (Å²) in [4.78, 5) is 10.4. The van der Waals surface area contributed by atoms with Gasteiger partial charge in [-0.3, -0.25) is 0 Å². The predicted octanol–water partition coefficient (Wildman–Crippen LogP) is 2.70. The van der Waals surface area contributed by atoms with Crippen LogP contribution in [0.15, 0.2) is 18.2 Å². The quantitative estimate of drug-likeness (QED) is 0.685. The molecule has 1 aromatic rings. The number of methoxy groups -OCH3 is 1. The zero-order valence-electron chi connectivity index (χ0n) is 8.91. The molecule has 0 heterocycles. The summed E-state index contributed by atoms with van der Waals surface area (Å²) in [7, 11) is 1.65. The molecule has 1 atom stereocenters. The van der Waals surface area contributed by atoms with Gasteiger partial charge in [0.15, 0.2) is 0 Å². The van der Waals surface area contributed by atoms with E-state index >= 15 is 0 Å². The third kappa shape index (κ3) is 2.34. The Morgan fingerprint density at radius 3 is 2.79 bits per heavy atom. The van der Waals surface area contributed by atoms with Gasteiger partial charge in [-0.1, -0.05) is 13.0 Å². The van der Waals surface area contributed by atoms with Crippen molar-refractivity contribution < 1.29 is 9.53 Å². The van der Waals surface area contributed by atoms with Gasteiger partial charge in [-0.15, -0.1) is 0 Å². The molecule has 0 aromatic heterocycles. The molecule has 14 heavy (non-hydrogen) atoms. The fourth-order valence-electron chi connectivity index (χ4n) is 1.55. The van der Waals surface area contributed by atoms with Crippen LogP contribution in [-0.2, 0) is 4.79 Å². The van der Waals surface area contributed by atoms with Crippen LogP contribution in [0.3, 0.4) is 0 Å². The van der Waals surface area contributed by atoms with Crippen LogP contribution in [0.1, 0.15) is 30.4 Å². The van der Waals surface area contributed by atoms with E-state index in [0.29, 0.717) is 6.42 Å². The lowest BCUT2D eigenvalue weighted by Gasteiger charge is -2.13. The molecule has 0 bridgehead atoms. The van der Waals surface area contributed by atoms with Crippen molar-refractivity contribution in [2.75, 3.05) is 7.11 Å². The Bertz CT molecular complexity index is 318. The molecule has 1 unspecified atom stereocenters. The highest BCUT2D eigenvalue weighted by Crippen LogP contribution is 2.25. The Morgan fingerprint density at radius 2 is 2.21 bits per heavy atom. The van der Waals surface area contributed by atoms with E-state index in [1.54, 1.807) is 7.11 Å². The molecule has 0 aliphatic heterocycles. The Hall–Kier alpha value is -1.31. The lowest BCUT2D eigenvalue weighted by molar-refractivity contribution is -0.108. The molecule has 1 rings (SSSR count). The van der Waals surface area contributed by atoms with Crippen LogP contribution in [0, 0.1) is 6.92 Å². The highest BCUT2D eigenvalue weighted by atomic mass is 16.5. The molecule has 0 aliphatic carbocycles. The van der Waals surface area contributed by atoms with Gasteiger partial charge in [-0.25, -0.2) is 0 Å². The fraction of sp³-hybridized carbons (Fsp3) is 0.417. The van der Waals surface area contributed by atoms with E-state index in [4.69, 9.17) is 4.74 Å². The third-order valence-electron chi connectivity index (χ3n) is 2.47. The summed E-state index contributed by atoms with van der Waals surface area (Å²) in [6.45, 7) is 4.10. The van der Waals surface area contributed by atoms with Crippen LogP contribution in [0.25, 0.3) is 0 Å². The first kappa shape index (κ1) is 10.8. The van der Waals surface area contributed by atoms with Crippen molar-refractivity contribution in [1.82, 2.24) is 0 Å². The normalized spacial score (nSPS) is 12.2. The monoisotopic (exact) mass is 192 g/mol. The van der Waals surface area contributed by atoms with Crippen molar-refractivity contribution in [3.05, 3.63) is 29.3 Å². The molecular weight excluding hydrogens is 176 g/mol. The van der Waals surface area contributed by atoms with Crippen molar-refractivity contribution in [2.24, 2.45) is 0 Å². The summed E-state index contributed by atoms with van der Waals surface area (Å²) in [6.07, 6.45) is 1.53. The molecule has 0 fully saturated rings. The van der Waals surface area contributed by atoms with Crippen LogP contribution in [-0.4, -0.2) is 13.4 Å². The highest BCUT2D eigenvalue weighted by Gasteiger charge is 2.08. The molecule has 2 heteroatoms. The Kier molecular flexibility index (Phi) is 3.69. The van der Waals surface area contributed by atoms with E-state index in [2.05, 4.69) is 13.8 Å². The summed E-state index contributed by atoms with van der Waals surface area (Å²) in [6, 6.07) is 5.96. The minimum Gasteiger partial charge on any atom is -0.497 e. The number of carbonyl (C=O) groups is 1. The van der Waals surface area contributed by atoms with Crippen LogP contribution in [0.4, 0.5) is 0 Å². The van der Waals surface area contributed by atoms with Crippen LogP contribution < -0.4 is 4.74 Å². The first-order valence-electron chi connectivity index (χ1n) is 4.77. The lowest BCUT2D eigenvalue weighted by atomic mass is 9.94. The van der Waals surface area contributed by atoms with Gasteiger partial charge >= 0.3 is 0 Å². The summed E-state index contributed by atoms with van der Waals surface area (Å²) >= 11 is 0. The van der Waals surface area contributed by atoms with Gasteiger partial charge in [-0.05, 0) is 36.1 Å². The second kappa shape index (κ2) is 4.80. The smallest absolute Gasteiger partial charge is 0.120 e. The summed E-state index contributed by atoms with van der Waals surface area (Å²) in [5, 5.41) is 0. The first-order valence-corrected chi connectivity index (χ1v) is 4.77. The molecule has 0 saturated heterocycles. The number of hydrogen-bond acceptors (Lipinski definition) is 2. The minimum absolute atomic E-state index is 0.266. The summed E-state index contributed by atoms with van der Waals surface area (Å²) in [5.41, 5.74) is 2.40. The van der Waals surface area contributed by atoms with Gasteiger partial charge in [0.1, 0.15) is 12.0 Å². The van der Waals surface area contributed by atoms with Crippen LogP contribution in [0.5, 0.6) is 5.75 Å². The van der Waals surface area contributed by atoms with Gasteiger partial charge in [0.05, 0.1) is 7.11 Å². The molecule has 2 nitrogen and oxygen atoms in total. The minimum atomic E-state index is 0.266. The number of aldehydes is 1. The number of carbonyl (C=O) groups excluding carboxylic acids is 1. The van der Waals surface area contributed by atoms with Gasteiger partial charge in [-0.2, -0.15) is 0 Å². The largest absolute Gasteiger partial charge is 0.497 e. The van der Waals surface area contributed by atoms with E-state index < -0.39 is 0 Å². The summed E-state index contributed by atoms with van der Waals surface area (Å²) in [5.74, 6) is 1.12. The Morgan fingerprint density at radius 1 is 1.50 bits per heavy atom. The summed E-state index contributed by atoms with van der Waals surface area (Å²) < 4.78 is 5.15. The van der Waals surface area contributed by atoms with Crippen LogP contribution >= 0.6 is 0 Å². The molecule has 0 N–H and O–H groups in total. The van der Waals surface area contributed by atoms with Gasteiger partial charge in [0.2, 0.25) is 0 Å². The third-order valence-corrected chi connectivity index (χ3v) is 2.47. The second-order valence-electron chi connectivity index (χ2n) is 3.53. The number of hydrogen-bond donors (Lipinski definition) is 0. The molecule has 76 valence electrons. The number of ether oxygens (including phenoxy) is 1. The first-order chi connectivity index (χ1) is 6.69. The maximum absolute atomic E-state index is 10.4. The zero-order chi connectivity index (χ0) is 10.6. The van der Waals surface area contributed by atoms with Crippen molar-refractivity contribution in [3.63, 3.8) is 0 Å². The average Bonchev–Trinajstić information content (AvgIpc) is 2.19. The van der Waals surface area contributed by atoms with Gasteiger partial charge in [0.25, 0.3) is 0 Å². The maximum Gasteiger partial charge on any atom is 0.120 e. The van der Waals surface area contributed by atoms with Crippen molar-refractivity contribution in [2.45, 2.75) is 26.2 Å². The lowest BCUT2D eigenvalue weighted by Crippen LogP contribution is -1.98. The maximum atomic E-state index is 10.4. The molecule has 0 aliphatic rings. The Labute approximate surface area is 84.9 Å². The van der Waals surface area contributed by atoms with Gasteiger partial charge in [0, 0.05) is 6.42 Å². The van der Waals surface area contributed by atoms with Crippen molar-refractivity contribution in [1.29, 1.82) is 0 Å². The number of rotatable bonds is 4. The highest BCUT2D eigenvalue weighted by molar-refractivity contribution is 5.52. The average molecular weight is 192 g/mol. The number of benzene rings is 1. The van der Waals surface area contributed by atoms with E-state index in [1.165, 1.54) is 11.1 Å². The molecule has 0 saturated carbocycles. The van der Waals surface area contributed by atoms with E-state index in [0.717, 1.165) is 12.0 Å². The fourth-order valence-corrected chi connectivity index (χ4v) is 1.55. The van der Waals surface area contributed by atoms with Crippen molar-refractivity contribution >= 4 is 6.29 Å². The molecule has 0 radical (unpaired) electrons. The number of aryl methyl sites for hydroxylation is 1. The van der Waals surface area contributed by atoms with Crippen molar-refractivity contribution in [3.8, 4) is 5.75 Å². The Balaban J connectivity index is 2.98. The second-order valence-corrected chi connectivity index (χ2v) is 3.53. The molecular formula is C12H16O2. The van der Waals surface area contributed by atoms with Gasteiger partial charge < -0.3 is 9.53 Å². The SMILES string of the molecule is COc1ccc(C)c(C(C)CC=O)c1. The zero-order valence-corrected chi connectivity index (χ0v) is 8.91. The molecule has 0 amide bonds. The predicted molar refractivity (Wildman–Crippen MR) is 56.8 cm³/mol. The van der Waals surface area contributed by atoms with E-state index in [9.17, 15) is 4.79 Å².